The van der Waals surface area contributed by atoms with E-state index < -0.39 is 18.5 Å². The molecule has 3 rings (SSSR count). The van der Waals surface area contributed by atoms with Gasteiger partial charge in [0.05, 0.1) is 10.7 Å². The fraction of sp³-hybridized carbons (Fsp3) is 0.190. The maximum absolute atomic E-state index is 12.2. The van der Waals surface area contributed by atoms with Crippen molar-refractivity contribution in [1.29, 1.82) is 0 Å². The number of carbonyl (C=O) groups is 2. The summed E-state index contributed by atoms with van der Waals surface area (Å²) in [5.41, 5.74) is 2.38. The zero-order valence-corrected chi connectivity index (χ0v) is 17.8. The minimum atomic E-state index is -1.12. The number of aryl methyl sites for hydroxylation is 1. The second kappa shape index (κ2) is 9.19. The minimum Gasteiger partial charge on any atom is -0.487 e. The lowest BCUT2D eigenvalue weighted by Gasteiger charge is -2.18. The van der Waals surface area contributed by atoms with Crippen LogP contribution in [0, 0.1) is 6.92 Å². The number of halogens is 2. The second-order valence-corrected chi connectivity index (χ2v) is 7.42. The van der Waals surface area contributed by atoms with Gasteiger partial charge in [0.1, 0.15) is 24.4 Å². The van der Waals surface area contributed by atoms with E-state index in [0.717, 1.165) is 21.5 Å². The standard InChI is InChI=1S/C21H19Cl2N3O4/c1-12-6-7-13-4-3-5-17(20(13)24-12)30-11-14-15(22)8-9-16(19(14)23)25-21(29)26(2)10-18(27)28/h3-9H,10-11H2,1-2H3,(H,25,29)(H,27,28). The number of amides is 2. The smallest absolute Gasteiger partial charge is 0.323 e. The first-order valence-corrected chi connectivity index (χ1v) is 9.72. The van der Waals surface area contributed by atoms with Gasteiger partial charge in [0.2, 0.25) is 0 Å². The molecule has 0 saturated carbocycles. The van der Waals surface area contributed by atoms with E-state index in [2.05, 4.69) is 10.3 Å². The molecule has 0 unspecified atom stereocenters. The largest absolute Gasteiger partial charge is 0.487 e. The molecule has 0 atom stereocenters. The molecule has 1 heterocycles. The molecule has 9 heteroatoms. The molecule has 0 saturated heterocycles. The Morgan fingerprint density at radius 2 is 1.93 bits per heavy atom. The van der Waals surface area contributed by atoms with E-state index in [4.69, 9.17) is 33.0 Å². The van der Waals surface area contributed by atoms with Crippen LogP contribution < -0.4 is 10.1 Å². The molecule has 2 amide bonds. The van der Waals surface area contributed by atoms with Crippen LogP contribution in [0.2, 0.25) is 10.0 Å². The Kier molecular flexibility index (Phi) is 6.64. The third kappa shape index (κ3) is 4.93. The van der Waals surface area contributed by atoms with Crippen LogP contribution >= 0.6 is 23.2 Å². The van der Waals surface area contributed by atoms with Crippen LogP contribution in [0.5, 0.6) is 5.75 Å². The number of fused-ring (bicyclic) bond motifs is 1. The number of para-hydroxylation sites is 1. The van der Waals surface area contributed by atoms with Gasteiger partial charge in [-0.2, -0.15) is 0 Å². The highest BCUT2D eigenvalue weighted by molar-refractivity contribution is 6.38. The van der Waals surface area contributed by atoms with Gasteiger partial charge < -0.3 is 20.1 Å². The summed E-state index contributed by atoms with van der Waals surface area (Å²) in [4.78, 5) is 28.5. The number of aromatic nitrogens is 1. The molecule has 0 radical (unpaired) electrons. The Morgan fingerprint density at radius 1 is 1.17 bits per heavy atom. The highest BCUT2D eigenvalue weighted by Gasteiger charge is 2.17. The summed E-state index contributed by atoms with van der Waals surface area (Å²) in [6, 6.07) is 12.0. The average Bonchev–Trinajstić information content (AvgIpc) is 2.69. The molecule has 0 spiro atoms. The Hall–Kier alpha value is -3.03. The number of urea groups is 1. The number of nitrogens with one attached hydrogen (secondary N) is 1. The van der Waals surface area contributed by atoms with E-state index in [0.29, 0.717) is 22.0 Å². The lowest BCUT2D eigenvalue weighted by molar-refractivity contribution is -0.137. The molecule has 2 N–H and O–H groups in total. The number of benzene rings is 2. The molecule has 156 valence electrons. The van der Waals surface area contributed by atoms with Crippen molar-refractivity contribution in [1.82, 2.24) is 9.88 Å². The highest BCUT2D eigenvalue weighted by atomic mass is 35.5. The number of hydrogen-bond donors (Lipinski definition) is 2. The Morgan fingerprint density at radius 3 is 2.67 bits per heavy atom. The monoisotopic (exact) mass is 447 g/mol. The predicted octanol–water partition coefficient (Wildman–Crippen LogP) is 4.98. The van der Waals surface area contributed by atoms with Crippen LogP contribution in [-0.4, -0.2) is 40.6 Å². The summed E-state index contributed by atoms with van der Waals surface area (Å²) in [6.07, 6.45) is 0. The molecule has 0 aliphatic rings. The van der Waals surface area contributed by atoms with Gasteiger partial charge >= 0.3 is 12.0 Å². The lowest BCUT2D eigenvalue weighted by Crippen LogP contribution is -2.35. The fourth-order valence-electron chi connectivity index (χ4n) is 2.80. The Balaban J connectivity index is 1.82. The van der Waals surface area contributed by atoms with Gasteiger partial charge in [0, 0.05) is 28.7 Å². The Labute approximate surface area is 183 Å². The van der Waals surface area contributed by atoms with Crippen LogP contribution in [-0.2, 0) is 11.4 Å². The minimum absolute atomic E-state index is 0.0566. The topological polar surface area (TPSA) is 91.8 Å². The highest BCUT2D eigenvalue weighted by Crippen LogP contribution is 2.33. The summed E-state index contributed by atoms with van der Waals surface area (Å²) in [7, 11) is 1.37. The van der Waals surface area contributed by atoms with Crippen LogP contribution in [0.3, 0.4) is 0 Å². The van der Waals surface area contributed by atoms with Crippen LogP contribution in [0.15, 0.2) is 42.5 Å². The number of carbonyl (C=O) groups excluding carboxylic acids is 1. The maximum atomic E-state index is 12.2. The number of rotatable bonds is 6. The van der Waals surface area contributed by atoms with Gasteiger partial charge in [0.15, 0.2) is 0 Å². The number of pyridine rings is 1. The van der Waals surface area contributed by atoms with Crippen LogP contribution in [0.25, 0.3) is 10.9 Å². The number of nitrogens with zero attached hydrogens (tertiary/aromatic N) is 2. The average molecular weight is 448 g/mol. The number of anilines is 1. The van der Waals surface area contributed by atoms with E-state index in [-0.39, 0.29) is 11.6 Å². The van der Waals surface area contributed by atoms with Gasteiger partial charge in [-0.25, -0.2) is 9.78 Å². The molecule has 0 aliphatic heterocycles. The summed E-state index contributed by atoms with van der Waals surface area (Å²) in [5, 5.41) is 12.9. The first-order valence-electron chi connectivity index (χ1n) is 8.96. The van der Waals surface area contributed by atoms with Crippen LogP contribution in [0.4, 0.5) is 10.5 Å². The van der Waals surface area contributed by atoms with E-state index in [1.165, 1.54) is 7.05 Å². The molecule has 0 bridgehead atoms. The Bertz CT molecular complexity index is 1120. The summed E-state index contributed by atoms with van der Waals surface area (Å²) >= 11 is 12.7. The second-order valence-electron chi connectivity index (χ2n) is 6.64. The third-order valence-electron chi connectivity index (χ3n) is 4.34. The van der Waals surface area contributed by atoms with E-state index >= 15 is 0 Å². The van der Waals surface area contributed by atoms with Gasteiger partial charge in [0.25, 0.3) is 0 Å². The normalized spacial score (nSPS) is 10.7. The molecule has 30 heavy (non-hydrogen) atoms. The summed E-state index contributed by atoms with van der Waals surface area (Å²) in [5.74, 6) is -0.540. The van der Waals surface area contributed by atoms with Crippen molar-refractivity contribution in [3.63, 3.8) is 0 Å². The molecule has 7 nitrogen and oxygen atoms in total. The molecule has 2 aromatic carbocycles. The van der Waals surface area contributed by atoms with Crippen molar-refractivity contribution >= 4 is 51.8 Å². The van der Waals surface area contributed by atoms with Crippen molar-refractivity contribution in [3.8, 4) is 5.75 Å². The molecule has 0 fully saturated rings. The number of likely N-dealkylation sites (N-methyl/N-ethyl adjacent to an activating group) is 1. The first kappa shape index (κ1) is 21.7. The molecule has 3 aromatic rings. The number of ether oxygens (including phenoxy) is 1. The van der Waals surface area contributed by atoms with E-state index in [1.54, 1.807) is 12.1 Å². The number of aliphatic carboxylic acids is 1. The number of hydrogen-bond acceptors (Lipinski definition) is 4. The van der Waals surface area contributed by atoms with Crippen molar-refractivity contribution in [2.75, 3.05) is 18.9 Å². The van der Waals surface area contributed by atoms with Gasteiger partial charge in [-0.3, -0.25) is 4.79 Å². The fourth-order valence-corrected chi connectivity index (χ4v) is 3.32. The SMILES string of the molecule is Cc1ccc2cccc(OCc3c(Cl)ccc(NC(=O)N(C)CC(=O)O)c3Cl)c2n1. The number of carboxylic acid groups (broad SMARTS) is 1. The van der Waals surface area contributed by atoms with Gasteiger partial charge in [-0.1, -0.05) is 41.4 Å². The van der Waals surface area contributed by atoms with Crippen molar-refractivity contribution in [3.05, 3.63) is 63.8 Å². The van der Waals surface area contributed by atoms with Crippen molar-refractivity contribution in [2.45, 2.75) is 13.5 Å². The van der Waals surface area contributed by atoms with Crippen molar-refractivity contribution < 1.29 is 19.4 Å². The lowest BCUT2D eigenvalue weighted by atomic mass is 10.2. The quantitative estimate of drug-likeness (QED) is 0.555. The molecule has 1 aromatic heterocycles. The zero-order valence-electron chi connectivity index (χ0n) is 16.3. The zero-order chi connectivity index (χ0) is 21.8. The van der Waals surface area contributed by atoms with E-state index in [1.807, 2.05) is 37.3 Å². The third-order valence-corrected chi connectivity index (χ3v) is 5.13. The van der Waals surface area contributed by atoms with Gasteiger partial charge in [-0.05, 0) is 31.2 Å². The van der Waals surface area contributed by atoms with Crippen LogP contribution in [0.1, 0.15) is 11.3 Å². The predicted molar refractivity (Wildman–Crippen MR) is 117 cm³/mol. The van der Waals surface area contributed by atoms with E-state index in [9.17, 15) is 9.59 Å². The first-order chi connectivity index (χ1) is 14.3. The summed E-state index contributed by atoms with van der Waals surface area (Å²) in [6.45, 7) is 1.51. The molecule has 0 aliphatic carbocycles. The maximum Gasteiger partial charge on any atom is 0.323 e. The summed E-state index contributed by atoms with van der Waals surface area (Å²) < 4.78 is 5.95. The van der Waals surface area contributed by atoms with Crippen molar-refractivity contribution in [2.24, 2.45) is 0 Å². The number of carboxylic acids is 1. The van der Waals surface area contributed by atoms with Gasteiger partial charge in [-0.15, -0.1) is 0 Å². The molecular formula is C21H19Cl2N3O4. The molecular weight excluding hydrogens is 429 g/mol.